The van der Waals surface area contributed by atoms with E-state index in [0.717, 1.165) is 6.92 Å². The van der Waals surface area contributed by atoms with Crippen molar-refractivity contribution in [1.29, 1.82) is 0 Å². The van der Waals surface area contributed by atoms with Crippen molar-refractivity contribution in [2.24, 2.45) is 0 Å². The minimum atomic E-state index is -3.73. The number of benzene rings is 1. The van der Waals surface area contributed by atoms with E-state index >= 15 is 0 Å². The molecule has 0 aliphatic rings. The van der Waals surface area contributed by atoms with Crippen molar-refractivity contribution >= 4 is 21.6 Å². The van der Waals surface area contributed by atoms with Crippen LogP contribution in [-0.4, -0.2) is 19.8 Å². The fourth-order valence-corrected chi connectivity index (χ4v) is 1.89. The van der Waals surface area contributed by atoms with E-state index in [-0.39, 0.29) is 10.4 Å². The molecule has 0 heterocycles. The Kier molecular flexibility index (Phi) is 4.25. The number of sulfonamides is 1. The van der Waals surface area contributed by atoms with E-state index in [2.05, 4.69) is 0 Å². The summed E-state index contributed by atoms with van der Waals surface area (Å²) < 4.78 is 24.6. The summed E-state index contributed by atoms with van der Waals surface area (Å²) in [6.45, 7) is 1.13. The summed E-state index contributed by atoms with van der Waals surface area (Å²) in [4.78, 5) is 10.6. The number of carbonyl (C=O) groups is 1. The second-order valence-corrected chi connectivity index (χ2v) is 4.41. The fraction of sp³-hybridized carbons (Fsp3) is 0.125. The van der Waals surface area contributed by atoms with Crippen molar-refractivity contribution in [2.75, 3.05) is 5.73 Å². The van der Waals surface area contributed by atoms with Gasteiger partial charge < -0.3 is 11.2 Å². The average molecular weight is 232 g/mol. The van der Waals surface area contributed by atoms with Crippen LogP contribution < -0.4 is 10.5 Å². The summed E-state index contributed by atoms with van der Waals surface area (Å²) in [6, 6.07) is 5.57. The van der Waals surface area contributed by atoms with E-state index in [0.29, 0.717) is 5.69 Å². The zero-order valence-corrected chi connectivity index (χ0v) is 8.84. The number of nitrogens with two attached hydrogens (primary N) is 1. The predicted octanol–water partition coefficient (Wildman–Crippen LogP) is -0.731. The molecule has 7 heteroatoms. The lowest BCUT2D eigenvalue weighted by atomic mass is 10.3. The van der Waals surface area contributed by atoms with Crippen LogP contribution in [0.1, 0.15) is 6.92 Å². The number of anilines is 1. The standard InChI is InChI=1S/C8H10N2O3S.H2O/c1-6(11)10-14(12,13)8-4-2-7(9)3-5-8;/h2-5H,9H2,1H3,(H,10,11);1H2. The zero-order chi connectivity index (χ0) is 10.8. The summed E-state index contributed by atoms with van der Waals surface area (Å²) >= 11 is 0. The molecule has 0 aromatic heterocycles. The fourth-order valence-electron chi connectivity index (χ4n) is 0.895. The van der Waals surface area contributed by atoms with Gasteiger partial charge in [0.25, 0.3) is 10.0 Å². The van der Waals surface area contributed by atoms with Crippen molar-refractivity contribution < 1.29 is 18.7 Å². The molecule has 1 aromatic rings. The second kappa shape index (κ2) is 4.76. The molecular weight excluding hydrogens is 220 g/mol. The van der Waals surface area contributed by atoms with Crippen LogP contribution in [0, 0.1) is 0 Å². The Labute approximate surface area is 87.5 Å². The van der Waals surface area contributed by atoms with Gasteiger partial charge in [0.05, 0.1) is 4.90 Å². The van der Waals surface area contributed by atoms with Gasteiger partial charge in [-0.15, -0.1) is 0 Å². The first kappa shape index (κ1) is 13.4. The van der Waals surface area contributed by atoms with E-state index in [4.69, 9.17) is 5.73 Å². The maximum Gasteiger partial charge on any atom is 0.264 e. The Hall–Kier alpha value is -1.60. The zero-order valence-electron chi connectivity index (χ0n) is 8.02. The number of amides is 1. The molecule has 5 N–H and O–H groups in total. The van der Waals surface area contributed by atoms with Gasteiger partial charge in [-0.2, -0.15) is 0 Å². The highest BCUT2D eigenvalue weighted by molar-refractivity contribution is 7.90. The molecule has 1 rings (SSSR count). The normalized spacial score (nSPS) is 10.2. The predicted molar refractivity (Wildman–Crippen MR) is 55.5 cm³/mol. The first-order chi connectivity index (χ1) is 6.42. The summed E-state index contributed by atoms with van der Waals surface area (Å²) in [5.74, 6) is -0.623. The lowest BCUT2D eigenvalue weighted by Crippen LogP contribution is -2.28. The topological polar surface area (TPSA) is 121 Å². The van der Waals surface area contributed by atoms with Crippen molar-refractivity contribution in [3.8, 4) is 0 Å². The van der Waals surface area contributed by atoms with E-state index < -0.39 is 15.9 Å². The molecule has 0 radical (unpaired) electrons. The highest BCUT2D eigenvalue weighted by Gasteiger charge is 2.14. The van der Waals surface area contributed by atoms with Gasteiger partial charge in [0.15, 0.2) is 0 Å². The third kappa shape index (κ3) is 3.56. The van der Waals surface area contributed by atoms with Crippen molar-refractivity contribution in [2.45, 2.75) is 11.8 Å². The van der Waals surface area contributed by atoms with Gasteiger partial charge >= 0.3 is 0 Å². The first-order valence-electron chi connectivity index (χ1n) is 3.81. The Morgan fingerprint density at radius 1 is 1.27 bits per heavy atom. The summed E-state index contributed by atoms with van der Waals surface area (Å²) in [7, 11) is -3.73. The largest absolute Gasteiger partial charge is 0.412 e. The van der Waals surface area contributed by atoms with Gasteiger partial charge in [0.2, 0.25) is 5.91 Å². The highest BCUT2D eigenvalue weighted by atomic mass is 32.2. The molecule has 0 aliphatic heterocycles. The highest BCUT2D eigenvalue weighted by Crippen LogP contribution is 2.10. The third-order valence-electron chi connectivity index (χ3n) is 1.47. The second-order valence-electron chi connectivity index (χ2n) is 2.73. The number of carbonyl (C=O) groups excluding carboxylic acids is 1. The summed E-state index contributed by atoms with van der Waals surface area (Å²) in [6.07, 6.45) is 0. The van der Waals surface area contributed by atoms with Crippen LogP contribution in [-0.2, 0) is 14.8 Å². The first-order valence-corrected chi connectivity index (χ1v) is 5.29. The number of nitrogens with one attached hydrogen (secondary N) is 1. The van der Waals surface area contributed by atoms with Crippen LogP contribution in [0.4, 0.5) is 5.69 Å². The molecule has 0 bridgehead atoms. The van der Waals surface area contributed by atoms with E-state index in [1.54, 1.807) is 0 Å². The molecule has 0 aliphatic carbocycles. The minimum Gasteiger partial charge on any atom is -0.412 e. The maximum atomic E-state index is 11.4. The van der Waals surface area contributed by atoms with Crippen molar-refractivity contribution in [3.63, 3.8) is 0 Å². The summed E-state index contributed by atoms with van der Waals surface area (Å²) in [5, 5.41) is 0. The lowest BCUT2D eigenvalue weighted by Gasteiger charge is -2.04. The Morgan fingerprint density at radius 3 is 2.13 bits per heavy atom. The molecule has 0 saturated carbocycles. The Balaban J connectivity index is 0.00000196. The molecule has 6 nitrogen and oxygen atoms in total. The lowest BCUT2D eigenvalue weighted by molar-refractivity contribution is -0.117. The monoisotopic (exact) mass is 232 g/mol. The quantitative estimate of drug-likeness (QED) is 0.653. The van der Waals surface area contributed by atoms with Crippen LogP contribution in [0.25, 0.3) is 0 Å². The minimum absolute atomic E-state index is 0. The van der Waals surface area contributed by atoms with Gasteiger partial charge in [-0.1, -0.05) is 0 Å². The van der Waals surface area contributed by atoms with Crippen LogP contribution in [0.5, 0.6) is 0 Å². The van der Waals surface area contributed by atoms with E-state index in [1.807, 2.05) is 4.72 Å². The molecule has 1 aromatic carbocycles. The molecule has 0 spiro atoms. The smallest absolute Gasteiger partial charge is 0.264 e. The van der Waals surface area contributed by atoms with Gasteiger partial charge in [-0.25, -0.2) is 13.1 Å². The molecule has 0 unspecified atom stereocenters. The van der Waals surface area contributed by atoms with Crippen LogP contribution in [0.3, 0.4) is 0 Å². The Bertz CT molecular complexity index is 438. The summed E-state index contributed by atoms with van der Waals surface area (Å²) in [5.41, 5.74) is 5.85. The number of rotatable bonds is 2. The van der Waals surface area contributed by atoms with Crippen molar-refractivity contribution in [3.05, 3.63) is 24.3 Å². The van der Waals surface area contributed by atoms with E-state index in [1.165, 1.54) is 24.3 Å². The van der Waals surface area contributed by atoms with Gasteiger partial charge in [-0.3, -0.25) is 4.79 Å². The Morgan fingerprint density at radius 2 is 1.73 bits per heavy atom. The molecule has 0 fully saturated rings. The molecule has 0 saturated heterocycles. The number of hydrogen-bond donors (Lipinski definition) is 2. The molecule has 0 atom stereocenters. The van der Waals surface area contributed by atoms with Gasteiger partial charge in [-0.05, 0) is 24.3 Å². The molecule has 84 valence electrons. The van der Waals surface area contributed by atoms with Gasteiger partial charge in [0, 0.05) is 12.6 Å². The van der Waals surface area contributed by atoms with Crippen molar-refractivity contribution in [1.82, 2.24) is 4.72 Å². The van der Waals surface area contributed by atoms with Crippen LogP contribution in [0.2, 0.25) is 0 Å². The van der Waals surface area contributed by atoms with E-state index in [9.17, 15) is 13.2 Å². The average Bonchev–Trinajstić information content (AvgIpc) is 2.02. The number of nitrogen functional groups attached to an aromatic ring is 1. The molecule has 15 heavy (non-hydrogen) atoms. The third-order valence-corrected chi connectivity index (χ3v) is 2.92. The van der Waals surface area contributed by atoms with Crippen LogP contribution >= 0.6 is 0 Å². The maximum absolute atomic E-state index is 11.4. The SMILES string of the molecule is CC(=O)NS(=O)(=O)c1ccc(N)cc1.O. The molecule has 1 amide bonds. The molecular formula is C8H12N2O4S. The van der Waals surface area contributed by atoms with Crippen LogP contribution in [0.15, 0.2) is 29.2 Å². The number of hydrogen-bond acceptors (Lipinski definition) is 4. The van der Waals surface area contributed by atoms with Gasteiger partial charge in [0.1, 0.15) is 0 Å².